The van der Waals surface area contributed by atoms with Crippen LogP contribution in [0.5, 0.6) is 17.2 Å². The van der Waals surface area contributed by atoms with Crippen molar-refractivity contribution in [1.29, 1.82) is 0 Å². The molecule has 0 amide bonds. The first kappa shape index (κ1) is 19.4. The van der Waals surface area contributed by atoms with Crippen molar-refractivity contribution in [2.45, 2.75) is 30.7 Å². The molecule has 0 spiro atoms. The topological polar surface area (TPSA) is 148 Å². The summed E-state index contributed by atoms with van der Waals surface area (Å²) < 4.78 is 26.7. The van der Waals surface area contributed by atoms with Gasteiger partial charge >= 0.3 is 5.63 Å². The standard InChI is InChI=1S/C17H20O10/c1-23-8-5-7-3-4-10(19)26-14(7)16(15(8)24-2)27-17-13(22)12(21)11(20)9(6-18)25-17/h3-5,9,11-13,17-18,20-22H,6H2,1-2H3/t9-,11-,12+,13-,17+/m1/s1. The van der Waals surface area contributed by atoms with Gasteiger partial charge in [0, 0.05) is 11.5 Å². The van der Waals surface area contributed by atoms with E-state index in [4.69, 9.17) is 23.4 Å². The lowest BCUT2D eigenvalue weighted by Crippen LogP contribution is -2.60. The van der Waals surface area contributed by atoms with Crippen LogP contribution in [0.25, 0.3) is 11.0 Å². The summed E-state index contributed by atoms with van der Waals surface area (Å²) in [6, 6.07) is 4.27. The zero-order valence-corrected chi connectivity index (χ0v) is 14.6. The van der Waals surface area contributed by atoms with Gasteiger partial charge in [-0.05, 0) is 12.1 Å². The number of fused-ring (bicyclic) bond motifs is 1. The Kier molecular flexibility index (Phi) is 5.53. The van der Waals surface area contributed by atoms with Crippen LogP contribution >= 0.6 is 0 Å². The highest BCUT2D eigenvalue weighted by Crippen LogP contribution is 2.44. The average molecular weight is 384 g/mol. The predicted octanol–water partition coefficient (Wildman–Crippen LogP) is -1.01. The van der Waals surface area contributed by atoms with Gasteiger partial charge in [-0.3, -0.25) is 0 Å². The van der Waals surface area contributed by atoms with Gasteiger partial charge in [0.2, 0.25) is 17.8 Å². The van der Waals surface area contributed by atoms with Gasteiger partial charge in [-0.25, -0.2) is 4.79 Å². The second-order valence-electron chi connectivity index (χ2n) is 5.93. The van der Waals surface area contributed by atoms with Crippen molar-refractivity contribution >= 4 is 11.0 Å². The number of hydrogen-bond acceptors (Lipinski definition) is 10. The molecule has 0 saturated carbocycles. The van der Waals surface area contributed by atoms with E-state index in [1.807, 2.05) is 0 Å². The van der Waals surface area contributed by atoms with E-state index in [0.717, 1.165) is 0 Å². The van der Waals surface area contributed by atoms with E-state index in [1.165, 1.54) is 26.4 Å². The monoisotopic (exact) mass is 384 g/mol. The molecule has 10 nitrogen and oxygen atoms in total. The molecule has 0 aliphatic carbocycles. The molecule has 1 saturated heterocycles. The summed E-state index contributed by atoms with van der Waals surface area (Å²) in [5.74, 6) is 0.226. The lowest BCUT2D eigenvalue weighted by atomic mass is 9.99. The highest BCUT2D eigenvalue weighted by Gasteiger charge is 2.45. The maximum atomic E-state index is 11.7. The molecular formula is C17H20O10. The van der Waals surface area contributed by atoms with Crippen LogP contribution in [0.4, 0.5) is 0 Å². The van der Waals surface area contributed by atoms with E-state index < -0.39 is 42.9 Å². The number of hydrogen-bond donors (Lipinski definition) is 4. The van der Waals surface area contributed by atoms with E-state index >= 15 is 0 Å². The highest BCUT2D eigenvalue weighted by molar-refractivity contribution is 5.88. The molecule has 0 radical (unpaired) electrons. The molecule has 0 unspecified atom stereocenters. The Labute approximate surface area is 153 Å². The fourth-order valence-electron chi connectivity index (χ4n) is 2.87. The van der Waals surface area contributed by atoms with Gasteiger partial charge < -0.3 is 43.8 Å². The molecule has 1 aromatic heterocycles. The Morgan fingerprint density at radius 1 is 1.04 bits per heavy atom. The molecule has 3 rings (SSSR count). The normalized spacial score (nSPS) is 28.1. The summed E-state index contributed by atoms with van der Waals surface area (Å²) in [6.45, 7) is -0.615. The van der Waals surface area contributed by atoms with E-state index in [1.54, 1.807) is 6.07 Å². The Balaban J connectivity index is 2.09. The molecule has 1 fully saturated rings. The molecule has 1 aliphatic heterocycles. The first-order valence-electron chi connectivity index (χ1n) is 8.07. The molecule has 27 heavy (non-hydrogen) atoms. The molecule has 10 heteroatoms. The Hall–Kier alpha value is -2.37. The third-order valence-electron chi connectivity index (χ3n) is 4.29. The second-order valence-corrected chi connectivity index (χ2v) is 5.93. The van der Waals surface area contributed by atoms with E-state index in [0.29, 0.717) is 5.39 Å². The van der Waals surface area contributed by atoms with Crippen molar-refractivity contribution in [1.82, 2.24) is 0 Å². The Bertz CT molecular complexity index is 861. The van der Waals surface area contributed by atoms with E-state index in [-0.39, 0.29) is 22.8 Å². The molecule has 5 atom stereocenters. The van der Waals surface area contributed by atoms with Gasteiger partial charge in [-0.1, -0.05) is 0 Å². The zero-order chi connectivity index (χ0) is 19.7. The third kappa shape index (κ3) is 3.45. The molecular weight excluding hydrogens is 364 g/mol. The summed E-state index contributed by atoms with van der Waals surface area (Å²) in [6.07, 6.45) is -7.47. The average Bonchev–Trinajstić information content (AvgIpc) is 2.67. The van der Waals surface area contributed by atoms with Crippen LogP contribution in [-0.2, 0) is 4.74 Å². The number of ether oxygens (including phenoxy) is 4. The van der Waals surface area contributed by atoms with Crippen molar-refractivity contribution in [2.24, 2.45) is 0 Å². The van der Waals surface area contributed by atoms with Crippen molar-refractivity contribution in [3.8, 4) is 17.2 Å². The van der Waals surface area contributed by atoms with Crippen LogP contribution in [0.2, 0.25) is 0 Å². The molecule has 1 aliphatic rings. The van der Waals surface area contributed by atoms with Crippen LogP contribution < -0.4 is 19.8 Å². The molecule has 4 N–H and O–H groups in total. The summed E-state index contributed by atoms with van der Waals surface area (Å²) in [7, 11) is 2.74. The molecule has 2 aromatic rings. The lowest BCUT2D eigenvalue weighted by Gasteiger charge is -2.39. The predicted molar refractivity (Wildman–Crippen MR) is 90.0 cm³/mol. The molecule has 0 bridgehead atoms. The Morgan fingerprint density at radius 2 is 1.78 bits per heavy atom. The van der Waals surface area contributed by atoms with Crippen LogP contribution in [0.3, 0.4) is 0 Å². The van der Waals surface area contributed by atoms with Gasteiger partial charge in [0.15, 0.2) is 11.3 Å². The zero-order valence-electron chi connectivity index (χ0n) is 14.6. The quantitative estimate of drug-likeness (QED) is 0.473. The van der Waals surface area contributed by atoms with Gasteiger partial charge in [0.1, 0.15) is 24.4 Å². The van der Waals surface area contributed by atoms with Gasteiger partial charge in [0.05, 0.1) is 20.8 Å². The number of benzene rings is 1. The summed E-state index contributed by atoms with van der Waals surface area (Å²) in [4.78, 5) is 11.7. The molecule has 1 aromatic carbocycles. The van der Waals surface area contributed by atoms with E-state index in [9.17, 15) is 25.2 Å². The molecule has 2 heterocycles. The maximum absolute atomic E-state index is 11.7. The van der Waals surface area contributed by atoms with Gasteiger partial charge in [-0.2, -0.15) is 0 Å². The van der Waals surface area contributed by atoms with Crippen molar-refractivity contribution in [3.63, 3.8) is 0 Å². The lowest BCUT2D eigenvalue weighted by molar-refractivity contribution is -0.277. The first-order valence-corrected chi connectivity index (χ1v) is 8.07. The van der Waals surface area contributed by atoms with Crippen LogP contribution in [0.1, 0.15) is 0 Å². The largest absolute Gasteiger partial charge is 0.493 e. The number of rotatable bonds is 5. The SMILES string of the molecule is COc1cc2ccc(=O)oc2c(O[C@@H]2O[C@H](CO)[C@@H](O)[C@H](O)[C@H]2O)c1OC. The minimum absolute atomic E-state index is 0.0112. The summed E-state index contributed by atoms with van der Waals surface area (Å²) in [5.41, 5.74) is -0.634. The van der Waals surface area contributed by atoms with E-state index in [2.05, 4.69) is 0 Å². The molecule has 148 valence electrons. The number of methoxy groups -OCH3 is 2. The Morgan fingerprint density at radius 3 is 2.41 bits per heavy atom. The van der Waals surface area contributed by atoms with Gasteiger partial charge in [0.25, 0.3) is 0 Å². The van der Waals surface area contributed by atoms with Crippen molar-refractivity contribution in [2.75, 3.05) is 20.8 Å². The van der Waals surface area contributed by atoms with Crippen molar-refractivity contribution in [3.05, 3.63) is 28.6 Å². The minimum Gasteiger partial charge on any atom is -0.493 e. The fourth-order valence-corrected chi connectivity index (χ4v) is 2.87. The number of aliphatic hydroxyl groups excluding tert-OH is 4. The van der Waals surface area contributed by atoms with Crippen LogP contribution in [0, 0.1) is 0 Å². The summed E-state index contributed by atoms with van der Waals surface area (Å²) >= 11 is 0. The summed E-state index contributed by atoms with van der Waals surface area (Å²) in [5, 5.41) is 39.8. The third-order valence-corrected chi connectivity index (χ3v) is 4.29. The minimum atomic E-state index is -1.65. The second kappa shape index (κ2) is 7.71. The smallest absolute Gasteiger partial charge is 0.336 e. The van der Waals surface area contributed by atoms with Crippen LogP contribution in [0.15, 0.2) is 27.4 Å². The van der Waals surface area contributed by atoms with Crippen molar-refractivity contribution < 1.29 is 43.8 Å². The maximum Gasteiger partial charge on any atom is 0.336 e. The highest BCUT2D eigenvalue weighted by atomic mass is 16.7. The number of aliphatic hydroxyl groups is 4. The fraction of sp³-hybridized carbons (Fsp3) is 0.471. The van der Waals surface area contributed by atoms with Crippen LogP contribution in [-0.4, -0.2) is 72.0 Å². The first-order chi connectivity index (χ1) is 12.9. The van der Waals surface area contributed by atoms with Gasteiger partial charge in [-0.15, -0.1) is 0 Å².